The molecule has 1 heterocycles. The van der Waals surface area contributed by atoms with Crippen molar-refractivity contribution < 1.29 is 5.11 Å². The molecule has 0 aromatic rings. The highest BCUT2D eigenvalue weighted by molar-refractivity contribution is 5.02. The molecule has 0 spiro atoms. The van der Waals surface area contributed by atoms with E-state index in [4.69, 9.17) is 0 Å². The van der Waals surface area contributed by atoms with E-state index < -0.39 is 0 Å². The molecule has 1 rings (SSSR count). The van der Waals surface area contributed by atoms with Crippen LogP contribution in [0.25, 0.3) is 0 Å². The molecular formula is C15H31NO. The summed E-state index contributed by atoms with van der Waals surface area (Å²) in [6, 6.07) is 0. The summed E-state index contributed by atoms with van der Waals surface area (Å²) in [5, 5.41) is 9.70. The van der Waals surface area contributed by atoms with Gasteiger partial charge in [-0.25, -0.2) is 0 Å². The second kappa shape index (κ2) is 6.19. The van der Waals surface area contributed by atoms with Crippen LogP contribution in [0.5, 0.6) is 0 Å². The van der Waals surface area contributed by atoms with E-state index >= 15 is 0 Å². The summed E-state index contributed by atoms with van der Waals surface area (Å²) < 4.78 is 0. The Bertz CT molecular complexity index is 201. The van der Waals surface area contributed by atoms with E-state index in [9.17, 15) is 5.11 Å². The molecule has 1 aliphatic rings. The minimum atomic E-state index is 0.0605. The van der Waals surface area contributed by atoms with E-state index in [1.807, 2.05) is 0 Å². The minimum Gasteiger partial charge on any atom is -0.394 e. The molecule has 0 saturated carbocycles. The molecule has 0 radical (unpaired) electrons. The zero-order chi connectivity index (χ0) is 12.9. The van der Waals surface area contributed by atoms with Crippen molar-refractivity contribution in [3.05, 3.63) is 0 Å². The van der Waals surface area contributed by atoms with Gasteiger partial charge in [0.25, 0.3) is 0 Å². The molecule has 1 N–H and O–H groups in total. The van der Waals surface area contributed by atoms with Gasteiger partial charge in [-0.05, 0) is 31.1 Å². The maximum absolute atomic E-state index is 9.70. The van der Waals surface area contributed by atoms with Crippen LogP contribution in [0.2, 0.25) is 0 Å². The van der Waals surface area contributed by atoms with E-state index in [1.165, 1.54) is 38.8 Å². The maximum atomic E-state index is 9.70. The van der Waals surface area contributed by atoms with Gasteiger partial charge in [0.15, 0.2) is 0 Å². The van der Waals surface area contributed by atoms with Gasteiger partial charge in [-0.1, -0.05) is 40.5 Å². The Morgan fingerprint density at radius 2 is 1.47 bits per heavy atom. The highest BCUT2D eigenvalue weighted by atomic mass is 16.3. The fourth-order valence-electron chi connectivity index (χ4n) is 3.62. The SMILES string of the molecule is CCCC1(CCC)CN(C(CC)(CC)CO)C1. The molecule has 0 atom stereocenters. The molecule has 17 heavy (non-hydrogen) atoms. The summed E-state index contributed by atoms with van der Waals surface area (Å²) in [5.41, 5.74) is 0.624. The highest BCUT2D eigenvalue weighted by Gasteiger charge is 2.48. The lowest BCUT2D eigenvalue weighted by Crippen LogP contribution is -2.66. The van der Waals surface area contributed by atoms with Crippen LogP contribution in [0.1, 0.15) is 66.2 Å². The first kappa shape index (κ1) is 15.0. The van der Waals surface area contributed by atoms with Crippen LogP contribution in [0, 0.1) is 5.41 Å². The van der Waals surface area contributed by atoms with E-state index in [0.717, 1.165) is 12.8 Å². The topological polar surface area (TPSA) is 23.5 Å². The zero-order valence-electron chi connectivity index (χ0n) is 12.3. The molecule has 2 nitrogen and oxygen atoms in total. The first-order valence-corrected chi connectivity index (χ1v) is 7.48. The second-order valence-corrected chi connectivity index (χ2v) is 5.95. The number of aliphatic hydroxyl groups is 1. The number of hydrogen-bond donors (Lipinski definition) is 1. The Hall–Kier alpha value is -0.0800. The van der Waals surface area contributed by atoms with Crippen LogP contribution >= 0.6 is 0 Å². The van der Waals surface area contributed by atoms with Crippen LogP contribution in [0.3, 0.4) is 0 Å². The lowest BCUT2D eigenvalue weighted by atomic mass is 9.69. The molecule has 0 aliphatic carbocycles. The zero-order valence-corrected chi connectivity index (χ0v) is 12.3. The number of nitrogens with zero attached hydrogens (tertiary/aromatic N) is 1. The molecule has 0 aromatic carbocycles. The average molecular weight is 241 g/mol. The summed E-state index contributed by atoms with van der Waals surface area (Å²) in [6.45, 7) is 11.7. The maximum Gasteiger partial charge on any atom is 0.0615 e. The summed E-state index contributed by atoms with van der Waals surface area (Å²) in [7, 11) is 0. The fraction of sp³-hybridized carbons (Fsp3) is 1.00. The van der Waals surface area contributed by atoms with Crippen LogP contribution in [0.15, 0.2) is 0 Å². The van der Waals surface area contributed by atoms with Crippen molar-refractivity contribution in [2.24, 2.45) is 5.41 Å². The lowest BCUT2D eigenvalue weighted by Gasteiger charge is -2.58. The Labute approximate surface area is 107 Å². The van der Waals surface area contributed by atoms with Crippen LogP contribution < -0.4 is 0 Å². The summed E-state index contributed by atoms with van der Waals surface area (Å²) in [4.78, 5) is 2.54. The van der Waals surface area contributed by atoms with E-state index in [2.05, 4.69) is 32.6 Å². The number of likely N-dealkylation sites (tertiary alicyclic amines) is 1. The molecular weight excluding hydrogens is 210 g/mol. The van der Waals surface area contributed by atoms with Crippen LogP contribution in [-0.2, 0) is 0 Å². The van der Waals surface area contributed by atoms with Gasteiger partial charge in [-0.2, -0.15) is 0 Å². The number of hydrogen-bond acceptors (Lipinski definition) is 2. The molecule has 1 aliphatic heterocycles. The highest BCUT2D eigenvalue weighted by Crippen LogP contribution is 2.44. The van der Waals surface area contributed by atoms with Crippen molar-refractivity contribution in [2.75, 3.05) is 19.7 Å². The van der Waals surface area contributed by atoms with Gasteiger partial charge in [0.2, 0.25) is 0 Å². The van der Waals surface area contributed by atoms with Gasteiger partial charge in [0.05, 0.1) is 6.61 Å². The monoisotopic (exact) mass is 241 g/mol. The molecule has 0 aromatic heterocycles. The summed E-state index contributed by atoms with van der Waals surface area (Å²) in [6.07, 6.45) is 7.41. The van der Waals surface area contributed by atoms with Gasteiger partial charge in [-0.15, -0.1) is 0 Å². The molecule has 1 fully saturated rings. The normalized spacial score (nSPS) is 20.3. The van der Waals surface area contributed by atoms with Gasteiger partial charge in [0, 0.05) is 18.6 Å². The van der Waals surface area contributed by atoms with Gasteiger partial charge in [-0.3, -0.25) is 4.90 Å². The largest absolute Gasteiger partial charge is 0.394 e. The third-order valence-corrected chi connectivity index (χ3v) is 4.89. The molecule has 0 bridgehead atoms. The third kappa shape index (κ3) is 2.85. The van der Waals surface area contributed by atoms with Crippen molar-refractivity contribution in [2.45, 2.75) is 71.8 Å². The van der Waals surface area contributed by atoms with E-state index in [-0.39, 0.29) is 5.54 Å². The smallest absolute Gasteiger partial charge is 0.0615 e. The molecule has 0 amide bonds. The predicted molar refractivity (Wildman–Crippen MR) is 74.2 cm³/mol. The second-order valence-electron chi connectivity index (χ2n) is 5.95. The predicted octanol–water partition coefficient (Wildman–Crippen LogP) is 3.44. The molecule has 0 unspecified atom stereocenters. The fourth-order valence-corrected chi connectivity index (χ4v) is 3.62. The first-order chi connectivity index (χ1) is 8.12. The third-order valence-electron chi connectivity index (χ3n) is 4.89. The van der Waals surface area contributed by atoms with Gasteiger partial charge < -0.3 is 5.11 Å². The van der Waals surface area contributed by atoms with Gasteiger partial charge >= 0.3 is 0 Å². The number of rotatable bonds is 8. The van der Waals surface area contributed by atoms with Crippen molar-refractivity contribution in [1.29, 1.82) is 0 Å². The average Bonchev–Trinajstić information content (AvgIpc) is 2.30. The van der Waals surface area contributed by atoms with Crippen LogP contribution in [-0.4, -0.2) is 35.2 Å². The standard InChI is InChI=1S/C15H31NO/c1-5-9-14(10-6-2)11-16(12-14)15(7-3,8-4)13-17/h17H,5-13H2,1-4H3. The van der Waals surface area contributed by atoms with E-state index in [1.54, 1.807) is 0 Å². The molecule has 2 heteroatoms. The molecule has 1 saturated heterocycles. The Morgan fingerprint density at radius 3 is 1.76 bits per heavy atom. The van der Waals surface area contributed by atoms with Crippen molar-refractivity contribution in [3.63, 3.8) is 0 Å². The Balaban J connectivity index is 2.62. The van der Waals surface area contributed by atoms with Crippen molar-refractivity contribution >= 4 is 0 Å². The van der Waals surface area contributed by atoms with Crippen molar-refractivity contribution in [1.82, 2.24) is 4.90 Å². The number of aliphatic hydroxyl groups excluding tert-OH is 1. The van der Waals surface area contributed by atoms with Crippen LogP contribution in [0.4, 0.5) is 0 Å². The Morgan fingerprint density at radius 1 is 1.00 bits per heavy atom. The van der Waals surface area contributed by atoms with Crippen molar-refractivity contribution in [3.8, 4) is 0 Å². The summed E-state index contributed by atoms with van der Waals surface area (Å²) in [5.74, 6) is 0. The quantitative estimate of drug-likeness (QED) is 0.703. The lowest BCUT2D eigenvalue weighted by molar-refractivity contribution is -0.109. The van der Waals surface area contributed by atoms with E-state index in [0.29, 0.717) is 12.0 Å². The first-order valence-electron chi connectivity index (χ1n) is 7.48. The summed E-state index contributed by atoms with van der Waals surface area (Å²) >= 11 is 0. The molecule has 102 valence electrons. The van der Waals surface area contributed by atoms with Gasteiger partial charge in [0.1, 0.15) is 0 Å². The Kier molecular flexibility index (Phi) is 5.46. The minimum absolute atomic E-state index is 0.0605.